The summed E-state index contributed by atoms with van der Waals surface area (Å²) < 4.78 is 18.6. The van der Waals surface area contributed by atoms with Gasteiger partial charge in [-0.3, -0.25) is 4.98 Å². The van der Waals surface area contributed by atoms with Crippen LogP contribution in [0.5, 0.6) is 5.75 Å². The summed E-state index contributed by atoms with van der Waals surface area (Å²) in [5.74, 6) is 0.443. The molecule has 1 aliphatic carbocycles. The summed E-state index contributed by atoms with van der Waals surface area (Å²) in [7, 11) is 0. The van der Waals surface area contributed by atoms with E-state index in [2.05, 4.69) is 4.98 Å². The molecule has 2 N–H and O–H groups in total. The molecule has 3 nitrogen and oxygen atoms in total. The number of fused-ring (bicyclic) bond motifs is 1. The van der Waals surface area contributed by atoms with Gasteiger partial charge in [0.25, 0.3) is 0 Å². The molecular formula is C15H15FN2O. The van der Waals surface area contributed by atoms with Crippen molar-refractivity contribution in [1.82, 2.24) is 4.98 Å². The lowest BCUT2D eigenvalue weighted by atomic mass is 10.1. The second kappa shape index (κ2) is 4.97. The zero-order valence-electron chi connectivity index (χ0n) is 10.5. The van der Waals surface area contributed by atoms with Crippen molar-refractivity contribution in [3.05, 3.63) is 59.2 Å². The van der Waals surface area contributed by atoms with Gasteiger partial charge in [0.15, 0.2) is 0 Å². The Morgan fingerprint density at radius 1 is 1.32 bits per heavy atom. The molecule has 1 aromatic heterocycles. The molecular weight excluding hydrogens is 243 g/mol. The van der Waals surface area contributed by atoms with Crippen molar-refractivity contribution < 1.29 is 9.13 Å². The number of aromatic nitrogens is 1. The molecule has 1 aliphatic rings. The number of hydrogen-bond acceptors (Lipinski definition) is 3. The molecule has 1 atom stereocenters. The Bertz CT molecular complexity index is 600. The van der Waals surface area contributed by atoms with Crippen LogP contribution in [0.15, 0.2) is 36.7 Å². The van der Waals surface area contributed by atoms with Gasteiger partial charge in [-0.15, -0.1) is 0 Å². The molecule has 0 saturated carbocycles. The lowest BCUT2D eigenvalue weighted by Gasteiger charge is -2.09. The van der Waals surface area contributed by atoms with Crippen molar-refractivity contribution in [2.75, 3.05) is 0 Å². The van der Waals surface area contributed by atoms with Crippen LogP contribution in [0.3, 0.4) is 0 Å². The van der Waals surface area contributed by atoms with Crippen LogP contribution in [-0.2, 0) is 13.0 Å². The molecule has 19 heavy (non-hydrogen) atoms. The number of halogens is 1. The zero-order chi connectivity index (χ0) is 13.2. The van der Waals surface area contributed by atoms with Crippen LogP contribution in [0, 0.1) is 5.82 Å². The van der Waals surface area contributed by atoms with Gasteiger partial charge in [-0.05, 0) is 42.2 Å². The first-order valence-electron chi connectivity index (χ1n) is 6.33. The number of nitrogens with two attached hydrogens (primary N) is 1. The molecule has 0 saturated heterocycles. The standard InChI is InChI=1S/C15H15FN2O/c16-12-5-10(7-18-8-12)9-19-13-2-3-14-11(6-13)1-4-15(14)17/h2-3,5-8,15H,1,4,9,17H2/t15-/m1/s1. The van der Waals surface area contributed by atoms with Gasteiger partial charge in [-0.25, -0.2) is 4.39 Å². The maximum atomic E-state index is 13.0. The first-order chi connectivity index (χ1) is 9.22. The number of rotatable bonds is 3. The van der Waals surface area contributed by atoms with Crippen molar-refractivity contribution in [1.29, 1.82) is 0 Å². The Labute approximate surface area is 111 Å². The highest BCUT2D eigenvalue weighted by Gasteiger charge is 2.19. The summed E-state index contributed by atoms with van der Waals surface area (Å²) in [6, 6.07) is 7.53. The SMILES string of the molecule is N[C@@H]1CCc2cc(OCc3cncc(F)c3)ccc21. The van der Waals surface area contributed by atoms with Crippen LogP contribution >= 0.6 is 0 Å². The minimum Gasteiger partial charge on any atom is -0.489 e. The van der Waals surface area contributed by atoms with E-state index < -0.39 is 0 Å². The number of pyridine rings is 1. The lowest BCUT2D eigenvalue weighted by molar-refractivity contribution is 0.304. The molecule has 4 heteroatoms. The number of benzene rings is 1. The maximum absolute atomic E-state index is 13.0. The van der Waals surface area contributed by atoms with E-state index in [-0.39, 0.29) is 11.9 Å². The Kier molecular flexibility index (Phi) is 3.17. The van der Waals surface area contributed by atoms with Crippen molar-refractivity contribution in [2.24, 2.45) is 5.73 Å². The Balaban J connectivity index is 1.71. The molecule has 0 radical (unpaired) electrons. The van der Waals surface area contributed by atoms with Gasteiger partial charge < -0.3 is 10.5 Å². The molecule has 0 aliphatic heterocycles. The molecule has 2 aromatic rings. The average Bonchev–Trinajstić information content (AvgIpc) is 2.78. The van der Waals surface area contributed by atoms with Crippen molar-refractivity contribution in [3.63, 3.8) is 0 Å². The quantitative estimate of drug-likeness (QED) is 0.920. The van der Waals surface area contributed by atoms with Crippen LogP contribution in [-0.4, -0.2) is 4.98 Å². The molecule has 0 unspecified atom stereocenters. The van der Waals surface area contributed by atoms with Crippen LogP contribution < -0.4 is 10.5 Å². The van der Waals surface area contributed by atoms with Crippen molar-refractivity contribution >= 4 is 0 Å². The van der Waals surface area contributed by atoms with Gasteiger partial charge in [-0.2, -0.15) is 0 Å². The molecule has 0 spiro atoms. The second-order valence-corrected chi connectivity index (χ2v) is 4.81. The van der Waals surface area contributed by atoms with Gasteiger partial charge in [0, 0.05) is 17.8 Å². The summed E-state index contributed by atoms with van der Waals surface area (Å²) >= 11 is 0. The predicted molar refractivity (Wildman–Crippen MR) is 70.2 cm³/mol. The lowest BCUT2D eigenvalue weighted by Crippen LogP contribution is -2.05. The van der Waals surface area contributed by atoms with E-state index in [1.807, 2.05) is 18.2 Å². The van der Waals surface area contributed by atoms with Crippen molar-refractivity contribution in [3.8, 4) is 5.75 Å². The van der Waals surface area contributed by atoms with Crippen LogP contribution in [0.25, 0.3) is 0 Å². The third kappa shape index (κ3) is 2.58. The molecule has 0 bridgehead atoms. The van der Waals surface area contributed by atoms with E-state index in [1.165, 1.54) is 23.4 Å². The normalized spacial score (nSPS) is 17.3. The third-order valence-electron chi connectivity index (χ3n) is 3.41. The minimum absolute atomic E-state index is 0.150. The Hall–Kier alpha value is -1.94. The number of ether oxygens (including phenoxy) is 1. The highest BCUT2D eigenvalue weighted by molar-refractivity contribution is 5.40. The van der Waals surface area contributed by atoms with E-state index in [0.717, 1.165) is 24.2 Å². The molecule has 0 fully saturated rings. The van der Waals surface area contributed by atoms with Gasteiger partial charge in [0.1, 0.15) is 18.2 Å². The van der Waals surface area contributed by atoms with E-state index in [0.29, 0.717) is 6.61 Å². The smallest absolute Gasteiger partial charge is 0.141 e. The van der Waals surface area contributed by atoms with Gasteiger partial charge >= 0.3 is 0 Å². The zero-order valence-corrected chi connectivity index (χ0v) is 10.5. The molecule has 3 rings (SSSR count). The van der Waals surface area contributed by atoms with Crippen LogP contribution in [0.1, 0.15) is 29.2 Å². The second-order valence-electron chi connectivity index (χ2n) is 4.81. The topological polar surface area (TPSA) is 48.1 Å². The summed E-state index contributed by atoms with van der Waals surface area (Å²) in [5.41, 5.74) is 9.17. The van der Waals surface area contributed by atoms with Crippen LogP contribution in [0.2, 0.25) is 0 Å². The fourth-order valence-electron chi connectivity index (χ4n) is 2.42. The Morgan fingerprint density at radius 2 is 2.21 bits per heavy atom. The minimum atomic E-state index is -0.346. The number of aryl methyl sites for hydroxylation is 1. The fraction of sp³-hybridized carbons (Fsp3) is 0.267. The van der Waals surface area contributed by atoms with E-state index in [4.69, 9.17) is 10.5 Å². The molecule has 98 valence electrons. The summed E-state index contributed by atoms with van der Waals surface area (Å²) in [5, 5.41) is 0. The number of hydrogen-bond donors (Lipinski definition) is 1. The first kappa shape index (κ1) is 12.1. The first-order valence-corrected chi connectivity index (χ1v) is 6.33. The average molecular weight is 258 g/mol. The van der Waals surface area contributed by atoms with E-state index in [1.54, 1.807) is 6.20 Å². The summed E-state index contributed by atoms with van der Waals surface area (Å²) in [6.45, 7) is 0.315. The van der Waals surface area contributed by atoms with Gasteiger partial charge in [0.05, 0.1) is 6.20 Å². The monoisotopic (exact) mass is 258 g/mol. The fourth-order valence-corrected chi connectivity index (χ4v) is 2.42. The van der Waals surface area contributed by atoms with E-state index in [9.17, 15) is 4.39 Å². The van der Waals surface area contributed by atoms with Gasteiger partial charge in [-0.1, -0.05) is 6.07 Å². The predicted octanol–water partition coefficient (Wildman–Crippen LogP) is 2.75. The van der Waals surface area contributed by atoms with Crippen molar-refractivity contribution in [2.45, 2.75) is 25.5 Å². The molecule has 1 aromatic carbocycles. The summed E-state index contributed by atoms with van der Waals surface area (Å²) in [6.07, 6.45) is 4.77. The third-order valence-corrected chi connectivity index (χ3v) is 3.41. The number of nitrogens with zero attached hydrogens (tertiary/aromatic N) is 1. The Morgan fingerprint density at radius 3 is 3.05 bits per heavy atom. The molecule has 1 heterocycles. The maximum Gasteiger partial charge on any atom is 0.141 e. The highest BCUT2D eigenvalue weighted by atomic mass is 19.1. The highest BCUT2D eigenvalue weighted by Crippen LogP contribution is 2.31. The summed E-state index contributed by atoms with van der Waals surface area (Å²) in [4.78, 5) is 3.79. The van der Waals surface area contributed by atoms with Crippen LogP contribution in [0.4, 0.5) is 4.39 Å². The van der Waals surface area contributed by atoms with Gasteiger partial charge in [0.2, 0.25) is 0 Å². The van der Waals surface area contributed by atoms with E-state index >= 15 is 0 Å². The molecule has 0 amide bonds. The largest absolute Gasteiger partial charge is 0.489 e.